The molecule has 4 heteroatoms. The minimum atomic E-state index is -0.152. The second kappa shape index (κ2) is 5.69. The Morgan fingerprint density at radius 1 is 1.05 bits per heavy atom. The van der Waals surface area contributed by atoms with E-state index < -0.39 is 0 Å². The standard InChI is InChI=1S/C16H10N2O2/c1-11(19)15-6-5-13(10-18)8-16(15)20-14-4-2-3-12(7-14)9-17/h2-8H,1H3. The fourth-order valence-corrected chi connectivity index (χ4v) is 1.72. The zero-order valence-electron chi connectivity index (χ0n) is 10.8. The van der Waals surface area contributed by atoms with Crippen molar-refractivity contribution in [1.82, 2.24) is 0 Å². The van der Waals surface area contributed by atoms with E-state index in [9.17, 15) is 4.79 Å². The monoisotopic (exact) mass is 262 g/mol. The predicted octanol–water partition coefficient (Wildman–Crippen LogP) is 3.42. The quantitative estimate of drug-likeness (QED) is 0.794. The molecule has 96 valence electrons. The summed E-state index contributed by atoms with van der Waals surface area (Å²) in [5, 5.41) is 17.8. The SMILES string of the molecule is CC(=O)c1ccc(C#N)cc1Oc1cccc(C#N)c1. The van der Waals surface area contributed by atoms with Crippen LogP contribution < -0.4 is 4.74 Å². The molecule has 0 N–H and O–H groups in total. The van der Waals surface area contributed by atoms with E-state index in [1.807, 2.05) is 12.1 Å². The maximum atomic E-state index is 11.6. The number of nitriles is 2. The van der Waals surface area contributed by atoms with Crippen LogP contribution in [0.3, 0.4) is 0 Å². The first-order valence-electron chi connectivity index (χ1n) is 5.87. The van der Waals surface area contributed by atoms with Gasteiger partial charge in [-0.3, -0.25) is 4.79 Å². The minimum absolute atomic E-state index is 0.152. The summed E-state index contributed by atoms with van der Waals surface area (Å²) in [7, 11) is 0. The van der Waals surface area contributed by atoms with Gasteiger partial charge < -0.3 is 4.74 Å². The molecule has 0 saturated heterocycles. The summed E-state index contributed by atoms with van der Waals surface area (Å²) in [6.07, 6.45) is 0. The zero-order valence-corrected chi connectivity index (χ0v) is 10.8. The fraction of sp³-hybridized carbons (Fsp3) is 0.0625. The second-order valence-electron chi connectivity index (χ2n) is 4.12. The van der Waals surface area contributed by atoms with Crippen molar-refractivity contribution in [3.63, 3.8) is 0 Å². The first-order chi connectivity index (χ1) is 9.63. The van der Waals surface area contributed by atoms with Crippen LogP contribution in [-0.2, 0) is 0 Å². The van der Waals surface area contributed by atoms with Gasteiger partial charge in [-0.05, 0) is 43.3 Å². The van der Waals surface area contributed by atoms with Crippen LogP contribution in [0.15, 0.2) is 42.5 Å². The van der Waals surface area contributed by atoms with Gasteiger partial charge in [0.2, 0.25) is 0 Å². The van der Waals surface area contributed by atoms with E-state index in [-0.39, 0.29) is 5.78 Å². The summed E-state index contributed by atoms with van der Waals surface area (Å²) in [6.45, 7) is 1.43. The number of carbonyl (C=O) groups excluding carboxylic acids is 1. The van der Waals surface area contributed by atoms with Gasteiger partial charge >= 0.3 is 0 Å². The minimum Gasteiger partial charge on any atom is -0.457 e. The smallest absolute Gasteiger partial charge is 0.163 e. The largest absolute Gasteiger partial charge is 0.457 e. The molecule has 0 heterocycles. The fourth-order valence-electron chi connectivity index (χ4n) is 1.72. The average molecular weight is 262 g/mol. The van der Waals surface area contributed by atoms with Gasteiger partial charge in [-0.1, -0.05) is 6.07 Å². The number of benzene rings is 2. The summed E-state index contributed by atoms with van der Waals surface area (Å²) in [6, 6.07) is 15.3. The molecular weight excluding hydrogens is 252 g/mol. The third-order valence-corrected chi connectivity index (χ3v) is 2.68. The summed E-state index contributed by atoms with van der Waals surface area (Å²) in [5.41, 5.74) is 1.26. The van der Waals surface area contributed by atoms with Crippen LogP contribution in [-0.4, -0.2) is 5.78 Å². The molecule has 0 bridgehead atoms. The van der Waals surface area contributed by atoms with Gasteiger partial charge in [0, 0.05) is 0 Å². The number of Topliss-reactive ketones (excluding diaryl/α,β-unsaturated/α-hetero) is 1. The van der Waals surface area contributed by atoms with E-state index >= 15 is 0 Å². The van der Waals surface area contributed by atoms with Gasteiger partial charge in [0.05, 0.1) is 28.8 Å². The molecule has 2 aromatic rings. The number of hydrogen-bond donors (Lipinski definition) is 0. The number of ether oxygens (including phenoxy) is 1. The van der Waals surface area contributed by atoms with E-state index in [0.29, 0.717) is 28.2 Å². The summed E-state index contributed by atoms with van der Waals surface area (Å²) >= 11 is 0. The topological polar surface area (TPSA) is 73.9 Å². The highest BCUT2D eigenvalue weighted by Gasteiger charge is 2.11. The lowest BCUT2D eigenvalue weighted by Crippen LogP contribution is -1.98. The molecule has 0 radical (unpaired) electrons. The maximum Gasteiger partial charge on any atom is 0.163 e. The van der Waals surface area contributed by atoms with E-state index in [2.05, 4.69) is 0 Å². The Morgan fingerprint density at radius 3 is 2.40 bits per heavy atom. The Hall–Kier alpha value is -3.11. The normalized spacial score (nSPS) is 9.35. The Balaban J connectivity index is 2.44. The van der Waals surface area contributed by atoms with E-state index in [4.69, 9.17) is 15.3 Å². The van der Waals surface area contributed by atoms with Crippen LogP contribution in [0, 0.1) is 22.7 Å². The van der Waals surface area contributed by atoms with Gasteiger partial charge in [-0.2, -0.15) is 10.5 Å². The van der Waals surface area contributed by atoms with Gasteiger partial charge in [0.1, 0.15) is 11.5 Å². The van der Waals surface area contributed by atoms with Gasteiger partial charge in [-0.25, -0.2) is 0 Å². The Bertz CT molecular complexity index is 752. The van der Waals surface area contributed by atoms with E-state index in [1.54, 1.807) is 36.4 Å². The van der Waals surface area contributed by atoms with Crippen molar-refractivity contribution in [3.05, 3.63) is 59.2 Å². The van der Waals surface area contributed by atoms with Crippen LogP contribution in [0.4, 0.5) is 0 Å². The Labute approximate surface area is 116 Å². The molecule has 0 aliphatic heterocycles. The van der Waals surface area contributed by atoms with Crippen molar-refractivity contribution in [2.75, 3.05) is 0 Å². The lowest BCUT2D eigenvalue weighted by molar-refractivity contribution is 0.101. The molecule has 0 aliphatic rings. The van der Waals surface area contributed by atoms with Crippen molar-refractivity contribution in [3.8, 4) is 23.6 Å². The Kier molecular flexibility index (Phi) is 3.79. The molecule has 0 saturated carbocycles. The highest BCUT2D eigenvalue weighted by molar-refractivity contribution is 5.97. The van der Waals surface area contributed by atoms with Gasteiger partial charge in [-0.15, -0.1) is 0 Å². The first-order valence-corrected chi connectivity index (χ1v) is 5.87. The first kappa shape index (κ1) is 13.3. The molecule has 20 heavy (non-hydrogen) atoms. The highest BCUT2D eigenvalue weighted by atomic mass is 16.5. The molecule has 0 fully saturated rings. The lowest BCUT2D eigenvalue weighted by Gasteiger charge is -2.09. The van der Waals surface area contributed by atoms with Crippen LogP contribution in [0.5, 0.6) is 11.5 Å². The number of ketones is 1. The Morgan fingerprint density at radius 2 is 1.75 bits per heavy atom. The molecule has 0 unspecified atom stereocenters. The van der Waals surface area contributed by atoms with Crippen molar-refractivity contribution >= 4 is 5.78 Å². The molecular formula is C16H10N2O2. The molecule has 0 aliphatic carbocycles. The van der Waals surface area contributed by atoms with Gasteiger partial charge in [0.15, 0.2) is 5.78 Å². The van der Waals surface area contributed by atoms with Crippen molar-refractivity contribution < 1.29 is 9.53 Å². The van der Waals surface area contributed by atoms with Crippen molar-refractivity contribution in [1.29, 1.82) is 10.5 Å². The molecule has 0 atom stereocenters. The van der Waals surface area contributed by atoms with Gasteiger partial charge in [0.25, 0.3) is 0 Å². The summed E-state index contributed by atoms with van der Waals surface area (Å²) in [4.78, 5) is 11.6. The summed E-state index contributed by atoms with van der Waals surface area (Å²) in [5.74, 6) is 0.606. The van der Waals surface area contributed by atoms with E-state index in [0.717, 1.165) is 0 Å². The number of nitrogens with zero attached hydrogens (tertiary/aromatic N) is 2. The lowest BCUT2D eigenvalue weighted by atomic mass is 10.1. The average Bonchev–Trinajstić information content (AvgIpc) is 2.47. The highest BCUT2D eigenvalue weighted by Crippen LogP contribution is 2.27. The summed E-state index contributed by atoms with van der Waals surface area (Å²) < 4.78 is 5.63. The van der Waals surface area contributed by atoms with Crippen molar-refractivity contribution in [2.24, 2.45) is 0 Å². The molecule has 4 nitrogen and oxygen atoms in total. The molecule has 0 spiro atoms. The van der Waals surface area contributed by atoms with Crippen LogP contribution in [0.1, 0.15) is 28.4 Å². The number of carbonyl (C=O) groups is 1. The zero-order chi connectivity index (χ0) is 14.5. The van der Waals surface area contributed by atoms with Crippen LogP contribution in [0.2, 0.25) is 0 Å². The molecule has 0 amide bonds. The number of hydrogen-bond acceptors (Lipinski definition) is 4. The maximum absolute atomic E-state index is 11.6. The molecule has 0 aromatic heterocycles. The van der Waals surface area contributed by atoms with Crippen molar-refractivity contribution in [2.45, 2.75) is 6.92 Å². The van der Waals surface area contributed by atoms with Crippen LogP contribution in [0.25, 0.3) is 0 Å². The predicted molar refractivity (Wildman–Crippen MR) is 72.4 cm³/mol. The third-order valence-electron chi connectivity index (χ3n) is 2.68. The second-order valence-corrected chi connectivity index (χ2v) is 4.12. The van der Waals surface area contributed by atoms with E-state index in [1.165, 1.54) is 13.0 Å². The number of rotatable bonds is 3. The third kappa shape index (κ3) is 2.82. The molecule has 2 rings (SSSR count). The van der Waals surface area contributed by atoms with Crippen LogP contribution >= 0.6 is 0 Å². The molecule has 2 aromatic carbocycles.